The summed E-state index contributed by atoms with van der Waals surface area (Å²) in [5.41, 5.74) is 0. The molecule has 1 aliphatic rings. The molecular weight excluding hydrogens is 142 g/mol. The number of carbonyl (C=O) groups is 1. The van der Waals surface area contributed by atoms with Gasteiger partial charge < -0.3 is 9.64 Å². The number of hydrogen-bond donors (Lipinski definition) is 0. The van der Waals surface area contributed by atoms with Crippen molar-refractivity contribution in [2.75, 3.05) is 13.2 Å². The first-order valence-electron chi connectivity index (χ1n) is 3.58. The highest BCUT2D eigenvalue weighted by Crippen LogP contribution is 2.00. The Bertz CT molecular complexity index is 163. The molecule has 0 unspecified atom stereocenters. The van der Waals surface area contributed by atoms with Crippen LogP contribution in [0, 0.1) is 0 Å². The largest absolute Gasteiger partial charge is 0.466 e. The molecule has 0 amide bonds. The van der Waals surface area contributed by atoms with Gasteiger partial charge in [0.25, 0.3) is 6.47 Å². The molecule has 0 spiro atoms. The summed E-state index contributed by atoms with van der Waals surface area (Å²) < 4.78 is 4.55. The van der Waals surface area contributed by atoms with Gasteiger partial charge >= 0.3 is 0 Å². The lowest BCUT2D eigenvalue weighted by molar-refractivity contribution is -0.128. The average Bonchev–Trinajstić information content (AvgIpc) is 2.07. The van der Waals surface area contributed by atoms with Gasteiger partial charge in [-0.1, -0.05) is 12.2 Å². The van der Waals surface area contributed by atoms with Crippen LogP contribution in [0.1, 0.15) is 6.42 Å². The van der Waals surface area contributed by atoms with E-state index in [1.807, 2.05) is 17.3 Å². The Morgan fingerprint density at radius 3 is 2.82 bits per heavy atom. The third kappa shape index (κ3) is 2.89. The number of carbonyl (C=O) groups excluding carboxylic acids is 1. The normalized spacial score (nSPS) is 15.1. The molecule has 3 heteroatoms. The Labute approximate surface area is 65.9 Å². The van der Waals surface area contributed by atoms with Crippen LogP contribution < -0.4 is 0 Å². The Balaban J connectivity index is 2.15. The minimum absolute atomic E-state index is 0.443. The van der Waals surface area contributed by atoms with Crippen molar-refractivity contribution in [3.63, 3.8) is 0 Å². The lowest BCUT2D eigenvalue weighted by atomic mass is 10.3. The first kappa shape index (κ1) is 7.85. The number of nitrogens with zero attached hydrogens (tertiary/aromatic N) is 1. The van der Waals surface area contributed by atoms with Gasteiger partial charge in [-0.3, -0.25) is 4.79 Å². The highest BCUT2D eigenvalue weighted by Gasteiger charge is 1.95. The Morgan fingerprint density at radius 2 is 2.18 bits per heavy atom. The van der Waals surface area contributed by atoms with Crippen LogP contribution in [0.5, 0.6) is 0 Å². The molecule has 0 N–H and O–H groups in total. The highest BCUT2D eigenvalue weighted by molar-refractivity contribution is 5.36. The van der Waals surface area contributed by atoms with Gasteiger partial charge in [0.05, 0.1) is 6.54 Å². The highest BCUT2D eigenvalue weighted by atomic mass is 16.5. The smallest absolute Gasteiger partial charge is 0.293 e. The van der Waals surface area contributed by atoms with Crippen LogP contribution in [0.2, 0.25) is 0 Å². The molecule has 0 saturated carbocycles. The van der Waals surface area contributed by atoms with Crippen LogP contribution >= 0.6 is 0 Å². The third-order valence-electron chi connectivity index (χ3n) is 1.40. The molecule has 1 heterocycles. The van der Waals surface area contributed by atoms with E-state index in [1.165, 1.54) is 0 Å². The molecule has 3 nitrogen and oxygen atoms in total. The van der Waals surface area contributed by atoms with Gasteiger partial charge in [0.1, 0.15) is 6.61 Å². The maximum Gasteiger partial charge on any atom is 0.293 e. The van der Waals surface area contributed by atoms with Gasteiger partial charge in [-0.05, 0) is 18.8 Å². The second kappa shape index (κ2) is 4.55. The lowest BCUT2D eigenvalue weighted by Gasteiger charge is -2.16. The molecule has 60 valence electrons. The molecule has 0 fully saturated rings. The Kier molecular flexibility index (Phi) is 3.25. The fraction of sp³-hybridized carbons (Fsp3) is 0.375. The topological polar surface area (TPSA) is 29.5 Å². The van der Waals surface area contributed by atoms with Crippen molar-refractivity contribution in [1.29, 1.82) is 0 Å². The third-order valence-corrected chi connectivity index (χ3v) is 1.40. The summed E-state index contributed by atoms with van der Waals surface area (Å²) in [4.78, 5) is 11.7. The van der Waals surface area contributed by atoms with E-state index >= 15 is 0 Å². The van der Waals surface area contributed by atoms with Crippen LogP contribution in [0.15, 0.2) is 24.6 Å². The summed E-state index contributed by atoms with van der Waals surface area (Å²) >= 11 is 0. The van der Waals surface area contributed by atoms with E-state index in [2.05, 4.69) is 16.9 Å². The maximum atomic E-state index is 9.77. The number of hydrogen-bond acceptors (Lipinski definition) is 3. The summed E-state index contributed by atoms with van der Waals surface area (Å²) in [6, 6.07) is 0. The number of rotatable bonds is 4. The summed E-state index contributed by atoms with van der Waals surface area (Å²) in [6.45, 7) is 1.64. The van der Waals surface area contributed by atoms with Crippen molar-refractivity contribution in [3.8, 4) is 0 Å². The van der Waals surface area contributed by atoms with E-state index in [4.69, 9.17) is 0 Å². The molecular formula is C8H11NO2. The summed E-state index contributed by atoms with van der Waals surface area (Å²) in [5.74, 6) is 0. The van der Waals surface area contributed by atoms with Gasteiger partial charge in [0.2, 0.25) is 0 Å². The molecule has 1 rings (SSSR count). The molecule has 0 aromatic carbocycles. The Morgan fingerprint density at radius 1 is 1.45 bits per heavy atom. The number of allylic oxidation sites excluding steroid dienone is 2. The van der Waals surface area contributed by atoms with Crippen molar-refractivity contribution in [2.45, 2.75) is 6.42 Å². The molecule has 0 saturated heterocycles. The van der Waals surface area contributed by atoms with Crippen molar-refractivity contribution >= 4 is 6.47 Å². The maximum absolute atomic E-state index is 9.77. The predicted molar refractivity (Wildman–Crippen MR) is 41.6 cm³/mol. The molecule has 0 aromatic heterocycles. The lowest BCUT2D eigenvalue weighted by Crippen LogP contribution is -2.17. The minimum atomic E-state index is 0.443. The SMILES string of the molecule is O=COCCN1C=CCC=C1. The van der Waals surface area contributed by atoms with Crippen molar-refractivity contribution in [2.24, 2.45) is 0 Å². The fourth-order valence-corrected chi connectivity index (χ4v) is 0.876. The molecule has 0 bridgehead atoms. The van der Waals surface area contributed by atoms with Gasteiger partial charge in [-0.15, -0.1) is 0 Å². The van der Waals surface area contributed by atoms with E-state index in [1.54, 1.807) is 0 Å². The molecule has 0 radical (unpaired) electrons. The second-order valence-electron chi connectivity index (χ2n) is 2.21. The summed E-state index contributed by atoms with van der Waals surface area (Å²) in [6.07, 6.45) is 9.06. The van der Waals surface area contributed by atoms with Crippen LogP contribution in [-0.4, -0.2) is 24.5 Å². The Hall–Kier alpha value is -1.25. The van der Waals surface area contributed by atoms with Gasteiger partial charge in [0.15, 0.2) is 0 Å². The summed E-state index contributed by atoms with van der Waals surface area (Å²) in [5, 5.41) is 0. The van der Waals surface area contributed by atoms with Crippen molar-refractivity contribution in [3.05, 3.63) is 24.6 Å². The number of ether oxygens (including phenoxy) is 1. The van der Waals surface area contributed by atoms with Gasteiger partial charge in [0, 0.05) is 0 Å². The van der Waals surface area contributed by atoms with E-state index in [0.717, 1.165) is 13.0 Å². The van der Waals surface area contributed by atoms with E-state index < -0.39 is 0 Å². The van der Waals surface area contributed by atoms with Gasteiger partial charge in [-0.25, -0.2) is 0 Å². The van der Waals surface area contributed by atoms with E-state index in [9.17, 15) is 4.79 Å². The molecule has 1 aliphatic heterocycles. The standard InChI is InChI=1S/C8H11NO2/c10-8-11-7-6-9-4-2-1-3-5-9/h2-5,8H,1,6-7H2. The van der Waals surface area contributed by atoms with Crippen LogP contribution in [0.3, 0.4) is 0 Å². The quantitative estimate of drug-likeness (QED) is 0.444. The molecule has 0 atom stereocenters. The van der Waals surface area contributed by atoms with Crippen molar-refractivity contribution in [1.82, 2.24) is 4.90 Å². The zero-order valence-electron chi connectivity index (χ0n) is 6.27. The van der Waals surface area contributed by atoms with Crippen LogP contribution in [0.4, 0.5) is 0 Å². The van der Waals surface area contributed by atoms with Crippen LogP contribution in [0.25, 0.3) is 0 Å². The first-order chi connectivity index (χ1) is 5.43. The zero-order valence-corrected chi connectivity index (χ0v) is 6.27. The van der Waals surface area contributed by atoms with E-state index in [0.29, 0.717) is 13.1 Å². The predicted octanol–water partition coefficient (Wildman–Crippen LogP) is 0.892. The van der Waals surface area contributed by atoms with E-state index in [-0.39, 0.29) is 0 Å². The average molecular weight is 153 g/mol. The zero-order chi connectivity index (χ0) is 7.94. The first-order valence-corrected chi connectivity index (χ1v) is 3.58. The van der Waals surface area contributed by atoms with Crippen molar-refractivity contribution < 1.29 is 9.53 Å². The van der Waals surface area contributed by atoms with Crippen LogP contribution in [-0.2, 0) is 9.53 Å². The molecule has 0 aliphatic carbocycles. The monoisotopic (exact) mass is 153 g/mol. The fourth-order valence-electron chi connectivity index (χ4n) is 0.876. The molecule has 11 heavy (non-hydrogen) atoms. The van der Waals surface area contributed by atoms with Gasteiger partial charge in [-0.2, -0.15) is 0 Å². The second-order valence-corrected chi connectivity index (χ2v) is 2.21. The summed E-state index contributed by atoms with van der Waals surface area (Å²) in [7, 11) is 0. The molecule has 0 aromatic rings. The minimum Gasteiger partial charge on any atom is -0.466 e.